The summed E-state index contributed by atoms with van der Waals surface area (Å²) in [4.78, 5) is 0. The van der Waals surface area contributed by atoms with E-state index in [1.807, 2.05) is 12.1 Å². The number of halogens is 2. The third kappa shape index (κ3) is 3.13. The van der Waals surface area contributed by atoms with Gasteiger partial charge in [0.15, 0.2) is 0 Å². The van der Waals surface area contributed by atoms with E-state index in [2.05, 4.69) is 25.2 Å². The molecule has 2 aromatic carbocycles. The topological polar surface area (TPSA) is 21.3 Å². The van der Waals surface area contributed by atoms with Crippen LogP contribution in [0.3, 0.4) is 0 Å². The van der Waals surface area contributed by atoms with Gasteiger partial charge in [0.05, 0.1) is 0 Å². The van der Waals surface area contributed by atoms with Gasteiger partial charge in [-0.3, -0.25) is 0 Å². The quantitative estimate of drug-likeness (QED) is 0.879. The van der Waals surface area contributed by atoms with Crippen molar-refractivity contribution in [3.05, 3.63) is 58.4 Å². The van der Waals surface area contributed by atoms with Gasteiger partial charge in [0, 0.05) is 29.2 Å². The van der Waals surface area contributed by atoms with Crippen LogP contribution in [0, 0.1) is 5.82 Å². The molecular formula is C17H17ClFNO. The molecule has 1 N–H and O–H groups in total. The Kier molecular flexibility index (Phi) is 3.54. The van der Waals surface area contributed by atoms with Crippen molar-refractivity contribution in [3.63, 3.8) is 0 Å². The van der Waals surface area contributed by atoms with Crippen molar-refractivity contribution < 1.29 is 9.13 Å². The number of rotatable bonds is 3. The van der Waals surface area contributed by atoms with Crippen LogP contribution in [-0.4, -0.2) is 5.60 Å². The van der Waals surface area contributed by atoms with Crippen LogP contribution in [-0.2, 0) is 13.0 Å². The Morgan fingerprint density at radius 1 is 1.29 bits per heavy atom. The molecule has 0 bridgehead atoms. The summed E-state index contributed by atoms with van der Waals surface area (Å²) in [5.41, 5.74) is 2.78. The fourth-order valence-corrected chi connectivity index (χ4v) is 2.89. The SMILES string of the molecule is CC1(C)Cc2cccc(CNc3cc(F)cc(Cl)c3)c2O1. The van der Waals surface area contributed by atoms with Gasteiger partial charge in [-0.15, -0.1) is 0 Å². The maximum atomic E-state index is 13.3. The highest BCUT2D eigenvalue weighted by atomic mass is 35.5. The largest absolute Gasteiger partial charge is 0.487 e. The predicted octanol–water partition coefficient (Wildman–Crippen LogP) is 4.80. The lowest BCUT2D eigenvalue weighted by atomic mass is 10.0. The summed E-state index contributed by atoms with van der Waals surface area (Å²) in [6.07, 6.45) is 0.905. The lowest BCUT2D eigenvalue weighted by Gasteiger charge is -2.18. The Hall–Kier alpha value is -1.74. The average molecular weight is 306 g/mol. The molecule has 0 saturated heterocycles. The first-order valence-corrected chi connectivity index (χ1v) is 7.30. The van der Waals surface area contributed by atoms with E-state index in [1.165, 1.54) is 17.7 Å². The second kappa shape index (κ2) is 5.23. The summed E-state index contributed by atoms with van der Waals surface area (Å²) in [7, 11) is 0. The Morgan fingerprint density at radius 3 is 2.86 bits per heavy atom. The molecule has 0 aromatic heterocycles. The highest BCUT2D eigenvalue weighted by molar-refractivity contribution is 6.30. The second-order valence-corrected chi connectivity index (χ2v) is 6.39. The molecule has 21 heavy (non-hydrogen) atoms. The number of fused-ring (bicyclic) bond motifs is 1. The minimum atomic E-state index is -0.347. The molecular weight excluding hydrogens is 289 g/mol. The monoisotopic (exact) mass is 305 g/mol. The molecule has 0 aliphatic carbocycles. The van der Waals surface area contributed by atoms with Gasteiger partial charge in [-0.25, -0.2) is 4.39 Å². The van der Waals surface area contributed by atoms with Gasteiger partial charge < -0.3 is 10.1 Å². The van der Waals surface area contributed by atoms with Gasteiger partial charge in [0.25, 0.3) is 0 Å². The molecule has 3 rings (SSSR count). The number of para-hydroxylation sites is 1. The van der Waals surface area contributed by atoms with Crippen LogP contribution < -0.4 is 10.1 Å². The molecule has 0 saturated carbocycles. The molecule has 110 valence electrons. The zero-order valence-electron chi connectivity index (χ0n) is 12.0. The van der Waals surface area contributed by atoms with Crippen molar-refractivity contribution in [1.82, 2.24) is 0 Å². The summed E-state index contributed by atoms with van der Waals surface area (Å²) < 4.78 is 19.3. The van der Waals surface area contributed by atoms with E-state index in [0.717, 1.165) is 17.7 Å². The fourth-order valence-electron chi connectivity index (χ4n) is 2.67. The average Bonchev–Trinajstić information content (AvgIpc) is 2.69. The van der Waals surface area contributed by atoms with Crippen LogP contribution in [0.25, 0.3) is 0 Å². The van der Waals surface area contributed by atoms with E-state index in [-0.39, 0.29) is 11.4 Å². The Labute approximate surface area is 128 Å². The van der Waals surface area contributed by atoms with E-state index in [0.29, 0.717) is 17.3 Å². The molecule has 1 aliphatic heterocycles. The molecule has 1 aliphatic rings. The molecule has 2 aromatic rings. The summed E-state index contributed by atoms with van der Waals surface area (Å²) in [5, 5.41) is 3.58. The summed E-state index contributed by atoms with van der Waals surface area (Å²) in [6.45, 7) is 4.73. The maximum Gasteiger partial charge on any atom is 0.128 e. The lowest BCUT2D eigenvalue weighted by molar-refractivity contribution is 0.137. The second-order valence-electron chi connectivity index (χ2n) is 5.96. The van der Waals surface area contributed by atoms with Crippen LogP contribution >= 0.6 is 11.6 Å². The van der Waals surface area contributed by atoms with Crippen molar-refractivity contribution >= 4 is 17.3 Å². The number of hydrogen-bond donors (Lipinski definition) is 1. The summed E-state index contributed by atoms with van der Waals surface area (Å²) in [6, 6.07) is 10.6. The molecule has 0 atom stereocenters. The molecule has 4 heteroatoms. The van der Waals surface area contributed by atoms with Gasteiger partial charge in [0.2, 0.25) is 0 Å². The van der Waals surface area contributed by atoms with Gasteiger partial charge in [-0.05, 0) is 37.6 Å². The Balaban J connectivity index is 1.79. The molecule has 0 spiro atoms. The number of ether oxygens (including phenoxy) is 1. The van der Waals surface area contributed by atoms with Crippen molar-refractivity contribution in [2.24, 2.45) is 0 Å². The van der Waals surface area contributed by atoms with Crippen LogP contribution in [0.5, 0.6) is 5.75 Å². The van der Waals surface area contributed by atoms with Crippen molar-refractivity contribution in [3.8, 4) is 5.75 Å². The first-order chi connectivity index (χ1) is 9.93. The molecule has 0 fully saturated rings. The number of benzene rings is 2. The number of hydrogen-bond acceptors (Lipinski definition) is 2. The maximum absolute atomic E-state index is 13.3. The Bertz CT molecular complexity index is 664. The highest BCUT2D eigenvalue weighted by Gasteiger charge is 2.31. The number of nitrogens with one attached hydrogen (secondary N) is 1. The number of anilines is 1. The van der Waals surface area contributed by atoms with Crippen molar-refractivity contribution in [2.75, 3.05) is 5.32 Å². The Morgan fingerprint density at radius 2 is 2.10 bits per heavy atom. The third-order valence-corrected chi connectivity index (χ3v) is 3.74. The van der Waals surface area contributed by atoms with E-state index in [9.17, 15) is 4.39 Å². The zero-order valence-corrected chi connectivity index (χ0v) is 12.8. The third-order valence-electron chi connectivity index (χ3n) is 3.52. The van der Waals surface area contributed by atoms with Gasteiger partial charge in [-0.2, -0.15) is 0 Å². The summed E-state index contributed by atoms with van der Waals surface area (Å²) >= 11 is 5.86. The van der Waals surface area contributed by atoms with Gasteiger partial charge in [-0.1, -0.05) is 29.8 Å². The van der Waals surface area contributed by atoms with Crippen LogP contribution in [0.15, 0.2) is 36.4 Å². The van der Waals surface area contributed by atoms with Gasteiger partial charge >= 0.3 is 0 Å². The smallest absolute Gasteiger partial charge is 0.128 e. The normalized spacial score (nSPS) is 15.4. The molecule has 0 radical (unpaired) electrons. The van der Waals surface area contributed by atoms with Crippen LogP contribution in [0.2, 0.25) is 5.02 Å². The van der Waals surface area contributed by atoms with Crippen molar-refractivity contribution in [1.29, 1.82) is 0 Å². The fraction of sp³-hybridized carbons (Fsp3) is 0.294. The molecule has 1 heterocycles. The van der Waals surface area contributed by atoms with E-state index in [4.69, 9.17) is 16.3 Å². The van der Waals surface area contributed by atoms with Gasteiger partial charge in [0.1, 0.15) is 17.2 Å². The first-order valence-electron chi connectivity index (χ1n) is 6.93. The molecule has 0 amide bonds. The highest BCUT2D eigenvalue weighted by Crippen LogP contribution is 2.37. The van der Waals surface area contributed by atoms with E-state index >= 15 is 0 Å². The van der Waals surface area contributed by atoms with E-state index < -0.39 is 0 Å². The summed E-state index contributed by atoms with van der Waals surface area (Å²) in [5.74, 6) is 0.596. The standard InChI is InChI=1S/C17H17ClFNO/c1-17(2)9-11-4-3-5-12(16(11)21-17)10-20-15-7-13(18)6-14(19)8-15/h3-8,20H,9-10H2,1-2H3. The minimum Gasteiger partial charge on any atom is -0.487 e. The molecule has 0 unspecified atom stereocenters. The van der Waals surface area contributed by atoms with E-state index in [1.54, 1.807) is 6.07 Å². The van der Waals surface area contributed by atoms with Crippen LogP contribution in [0.1, 0.15) is 25.0 Å². The first kappa shape index (κ1) is 14.2. The van der Waals surface area contributed by atoms with Crippen molar-refractivity contribution in [2.45, 2.75) is 32.4 Å². The molecule has 2 nitrogen and oxygen atoms in total. The lowest BCUT2D eigenvalue weighted by Crippen LogP contribution is -2.25. The predicted molar refractivity (Wildman–Crippen MR) is 83.6 cm³/mol. The minimum absolute atomic E-state index is 0.166. The van der Waals surface area contributed by atoms with Crippen LogP contribution in [0.4, 0.5) is 10.1 Å². The zero-order chi connectivity index (χ0) is 15.0.